The van der Waals surface area contributed by atoms with Crippen molar-refractivity contribution in [2.24, 2.45) is 5.41 Å². The topological polar surface area (TPSA) is 69.7 Å². The van der Waals surface area contributed by atoms with Crippen molar-refractivity contribution in [3.05, 3.63) is 41.0 Å². The molecule has 0 unspecified atom stereocenters. The Bertz CT molecular complexity index is 876. The van der Waals surface area contributed by atoms with Gasteiger partial charge in [0.25, 0.3) is 0 Å². The Morgan fingerprint density at radius 3 is 2.75 bits per heavy atom. The number of benzene rings is 1. The second kappa shape index (κ2) is 7.08. The van der Waals surface area contributed by atoms with Crippen LogP contribution in [0.25, 0.3) is 0 Å². The van der Waals surface area contributed by atoms with Crippen molar-refractivity contribution in [3.63, 3.8) is 0 Å². The number of aryl methyl sites for hydroxylation is 1. The fourth-order valence-electron chi connectivity index (χ4n) is 4.72. The van der Waals surface area contributed by atoms with Gasteiger partial charge in [0.1, 0.15) is 5.41 Å². The number of amides is 4. The Balaban J connectivity index is 1.61. The van der Waals surface area contributed by atoms with Crippen molar-refractivity contribution in [2.45, 2.75) is 45.4 Å². The molecule has 3 aliphatic rings. The van der Waals surface area contributed by atoms with Crippen LogP contribution in [-0.2, 0) is 16.0 Å². The Labute approximate surface area is 165 Å². The van der Waals surface area contributed by atoms with E-state index >= 15 is 0 Å². The largest absolute Gasteiger partial charge is 0.373 e. The van der Waals surface area contributed by atoms with Gasteiger partial charge >= 0.3 is 6.03 Å². The highest BCUT2D eigenvalue weighted by Crippen LogP contribution is 2.39. The summed E-state index contributed by atoms with van der Waals surface area (Å²) in [6.45, 7) is 2.61. The normalized spacial score (nSPS) is 24.9. The molecule has 0 radical (unpaired) electrons. The van der Waals surface area contributed by atoms with Gasteiger partial charge in [-0.1, -0.05) is 29.3 Å². The summed E-state index contributed by atoms with van der Waals surface area (Å²) in [5.74, 6) is -0.841. The molecule has 1 atom stereocenters. The van der Waals surface area contributed by atoms with Gasteiger partial charge in [-0.3, -0.25) is 19.8 Å². The van der Waals surface area contributed by atoms with E-state index in [9.17, 15) is 14.4 Å². The molecule has 1 aromatic carbocycles. The van der Waals surface area contributed by atoms with E-state index in [-0.39, 0.29) is 12.5 Å². The number of carbonyl (C=O) groups is 3. The lowest BCUT2D eigenvalue weighted by Crippen LogP contribution is -2.68. The molecule has 0 aromatic heterocycles. The van der Waals surface area contributed by atoms with Crippen LogP contribution in [0, 0.1) is 12.3 Å². The summed E-state index contributed by atoms with van der Waals surface area (Å²) in [7, 11) is 1.89. The average molecular weight is 381 g/mol. The Morgan fingerprint density at radius 1 is 1.18 bits per heavy atom. The minimum Gasteiger partial charge on any atom is -0.373 e. The molecule has 6 heteroatoms. The third-order valence-electron chi connectivity index (χ3n) is 6.24. The van der Waals surface area contributed by atoms with Crippen molar-refractivity contribution in [1.29, 1.82) is 0 Å². The van der Waals surface area contributed by atoms with Gasteiger partial charge in [-0.15, -0.1) is 0 Å². The molecule has 0 bridgehead atoms. The molecular formula is C22H27N3O3. The first-order valence-electron chi connectivity index (χ1n) is 10.1. The molecule has 6 nitrogen and oxygen atoms in total. The predicted octanol–water partition coefficient (Wildman–Crippen LogP) is 2.94. The molecule has 4 amide bonds. The van der Waals surface area contributed by atoms with E-state index in [2.05, 4.69) is 11.4 Å². The number of barbiturate groups is 1. The zero-order chi connectivity index (χ0) is 19.9. The van der Waals surface area contributed by atoms with Gasteiger partial charge in [0.2, 0.25) is 11.8 Å². The third-order valence-corrected chi connectivity index (χ3v) is 6.24. The lowest BCUT2D eigenvalue weighted by Gasteiger charge is -2.45. The van der Waals surface area contributed by atoms with Crippen LogP contribution in [0.1, 0.15) is 43.2 Å². The van der Waals surface area contributed by atoms with Gasteiger partial charge in [-0.2, -0.15) is 0 Å². The highest BCUT2D eigenvalue weighted by atomic mass is 16.2. The minimum absolute atomic E-state index is 0.278. The van der Waals surface area contributed by atoms with Crippen molar-refractivity contribution in [1.82, 2.24) is 10.2 Å². The van der Waals surface area contributed by atoms with Gasteiger partial charge < -0.3 is 4.90 Å². The lowest BCUT2D eigenvalue weighted by atomic mass is 9.74. The van der Waals surface area contributed by atoms with Crippen molar-refractivity contribution in [3.8, 4) is 0 Å². The average Bonchev–Trinajstić information content (AvgIpc) is 2.67. The summed E-state index contributed by atoms with van der Waals surface area (Å²) >= 11 is 0. The van der Waals surface area contributed by atoms with Crippen LogP contribution in [0.3, 0.4) is 0 Å². The summed E-state index contributed by atoms with van der Waals surface area (Å²) in [4.78, 5) is 41.9. The lowest BCUT2D eigenvalue weighted by molar-refractivity contribution is -0.151. The number of carbonyl (C=O) groups excluding carboxylic acids is 3. The first-order chi connectivity index (χ1) is 13.4. The molecule has 0 saturated carbocycles. The molecule has 2 aliphatic heterocycles. The zero-order valence-corrected chi connectivity index (χ0v) is 16.6. The zero-order valence-electron chi connectivity index (χ0n) is 16.6. The number of anilines is 1. The van der Waals surface area contributed by atoms with E-state index in [4.69, 9.17) is 0 Å². The molecule has 2 heterocycles. The Morgan fingerprint density at radius 2 is 2.00 bits per heavy atom. The number of hydrogen-bond acceptors (Lipinski definition) is 4. The van der Waals surface area contributed by atoms with Crippen LogP contribution in [0.4, 0.5) is 10.5 Å². The van der Waals surface area contributed by atoms with Crippen LogP contribution in [0.15, 0.2) is 29.8 Å². The van der Waals surface area contributed by atoms with Crippen molar-refractivity contribution >= 4 is 23.5 Å². The van der Waals surface area contributed by atoms with Crippen LogP contribution in [0.2, 0.25) is 0 Å². The highest BCUT2D eigenvalue weighted by molar-refractivity contribution is 6.20. The molecular weight excluding hydrogens is 354 g/mol. The maximum Gasteiger partial charge on any atom is 0.330 e. The maximum absolute atomic E-state index is 13.4. The monoisotopic (exact) mass is 381 g/mol. The minimum atomic E-state index is -1.25. The SMILES string of the molecule is Cc1ccc2c(c1)C[C@@]1(CN2C)C(=O)NC(=O)N(CCC2=CCCCC2)C1=O. The quantitative estimate of drug-likeness (QED) is 0.646. The summed E-state index contributed by atoms with van der Waals surface area (Å²) in [6.07, 6.45) is 7.71. The predicted molar refractivity (Wildman–Crippen MR) is 107 cm³/mol. The number of nitrogens with one attached hydrogen (secondary N) is 1. The number of nitrogens with zero attached hydrogens (tertiary/aromatic N) is 2. The second-order valence-electron chi connectivity index (χ2n) is 8.32. The van der Waals surface area contributed by atoms with Crippen LogP contribution < -0.4 is 10.2 Å². The van der Waals surface area contributed by atoms with E-state index in [0.29, 0.717) is 19.4 Å². The summed E-state index contributed by atoms with van der Waals surface area (Å²) < 4.78 is 0. The molecule has 1 fully saturated rings. The van der Waals surface area contributed by atoms with Crippen molar-refractivity contribution in [2.75, 3.05) is 25.0 Å². The molecule has 1 aromatic rings. The maximum atomic E-state index is 13.4. The van der Waals surface area contributed by atoms with Crippen LogP contribution >= 0.6 is 0 Å². The number of allylic oxidation sites excluding steroid dienone is 1. The fourth-order valence-corrected chi connectivity index (χ4v) is 4.72. The first kappa shape index (κ1) is 18.7. The Kier molecular flexibility index (Phi) is 4.73. The summed E-state index contributed by atoms with van der Waals surface area (Å²) in [5, 5.41) is 2.46. The summed E-state index contributed by atoms with van der Waals surface area (Å²) in [5.41, 5.74) is 3.16. The van der Waals surface area contributed by atoms with Gasteiger partial charge in [-0.25, -0.2) is 4.79 Å². The number of rotatable bonds is 3. The van der Waals surface area contributed by atoms with E-state index in [1.54, 1.807) is 0 Å². The van der Waals surface area contributed by atoms with Crippen molar-refractivity contribution < 1.29 is 14.4 Å². The smallest absolute Gasteiger partial charge is 0.330 e. The number of imide groups is 2. The first-order valence-corrected chi connectivity index (χ1v) is 10.1. The van der Waals surface area contributed by atoms with E-state index < -0.39 is 17.4 Å². The Hall–Kier alpha value is -2.63. The van der Waals surface area contributed by atoms with Gasteiger partial charge in [0, 0.05) is 25.8 Å². The molecule has 148 valence electrons. The number of hydrogen-bond donors (Lipinski definition) is 1. The molecule has 1 N–H and O–H groups in total. The fraction of sp³-hybridized carbons (Fsp3) is 0.500. The molecule has 4 rings (SSSR count). The van der Waals surface area contributed by atoms with E-state index in [1.165, 1.54) is 16.9 Å². The number of fused-ring (bicyclic) bond motifs is 1. The molecule has 28 heavy (non-hydrogen) atoms. The standard InChI is InChI=1S/C22H27N3O3/c1-15-8-9-18-17(12-15)13-22(14-24(18)2)19(26)23-21(28)25(20(22)27)11-10-16-6-4-3-5-7-16/h6,8-9,12H,3-5,7,10-11,13-14H2,1-2H3,(H,23,26,28)/t22-/m1/s1. The highest BCUT2D eigenvalue weighted by Gasteiger charge is 2.56. The van der Waals surface area contributed by atoms with Crippen LogP contribution in [-0.4, -0.2) is 42.9 Å². The third kappa shape index (κ3) is 3.11. The second-order valence-corrected chi connectivity index (χ2v) is 8.32. The van der Waals surface area contributed by atoms with Crippen LogP contribution in [0.5, 0.6) is 0 Å². The number of urea groups is 1. The molecule has 1 aliphatic carbocycles. The van der Waals surface area contributed by atoms with Gasteiger partial charge in [0.05, 0.1) is 0 Å². The summed E-state index contributed by atoms with van der Waals surface area (Å²) in [6, 6.07) is 5.50. The van der Waals surface area contributed by atoms with Gasteiger partial charge in [-0.05, 0) is 57.1 Å². The molecule has 1 saturated heterocycles. The molecule has 1 spiro atoms. The van der Waals surface area contributed by atoms with E-state index in [0.717, 1.165) is 36.1 Å². The van der Waals surface area contributed by atoms with E-state index in [1.807, 2.05) is 37.1 Å². The van der Waals surface area contributed by atoms with Gasteiger partial charge in [0.15, 0.2) is 0 Å².